The van der Waals surface area contributed by atoms with Crippen LogP contribution in [0.5, 0.6) is 0 Å². The summed E-state index contributed by atoms with van der Waals surface area (Å²) >= 11 is 3.39. The van der Waals surface area contributed by atoms with Crippen LogP contribution in [0.25, 0.3) is 0 Å². The number of hydrogen-bond acceptors (Lipinski definition) is 4. The molecule has 2 N–H and O–H groups in total. The number of rotatable bonds is 5. The molecule has 1 unspecified atom stereocenters. The molecule has 1 aromatic heterocycles. The van der Waals surface area contributed by atoms with Crippen molar-refractivity contribution in [1.29, 1.82) is 0 Å². The highest BCUT2D eigenvalue weighted by Crippen LogP contribution is 2.17. The van der Waals surface area contributed by atoms with Crippen LogP contribution in [0.3, 0.4) is 0 Å². The number of amides is 1. The van der Waals surface area contributed by atoms with E-state index in [1.165, 1.54) is 12.4 Å². The van der Waals surface area contributed by atoms with Crippen molar-refractivity contribution in [1.82, 2.24) is 15.3 Å². The van der Waals surface area contributed by atoms with Gasteiger partial charge in [0.2, 0.25) is 5.95 Å². The Labute approximate surface area is 154 Å². The third-order valence-electron chi connectivity index (χ3n) is 3.66. The fourth-order valence-electron chi connectivity index (χ4n) is 2.28. The van der Waals surface area contributed by atoms with Crippen LogP contribution in [0.2, 0.25) is 0 Å². The maximum absolute atomic E-state index is 12.3. The van der Waals surface area contributed by atoms with E-state index in [1.807, 2.05) is 61.5 Å². The Morgan fingerprint density at radius 1 is 1.00 bits per heavy atom. The van der Waals surface area contributed by atoms with E-state index in [9.17, 15) is 4.79 Å². The molecule has 0 saturated carbocycles. The van der Waals surface area contributed by atoms with Gasteiger partial charge in [-0.2, -0.15) is 0 Å². The normalized spacial score (nSPS) is 11.6. The van der Waals surface area contributed by atoms with E-state index >= 15 is 0 Å². The number of anilines is 2. The van der Waals surface area contributed by atoms with Crippen molar-refractivity contribution in [2.24, 2.45) is 0 Å². The van der Waals surface area contributed by atoms with Crippen LogP contribution in [-0.2, 0) is 0 Å². The Bertz CT molecular complexity index is 836. The standard InChI is InChI=1S/C19H17BrN4O/c1-13(14-5-3-2-4-6-14)23-18(25)15-11-21-19(22-12-15)24-17-9-7-16(20)8-10-17/h2-13H,1H3,(H,23,25)(H,21,22,24). The molecule has 5 nitrogen and oxygen atoms in total. The fourth-order valence-corrected chi connectivity index (χ4v) is 2.54. The predicted octanol–water partition coefficient (Wildman–Crippen LogP) is 4.47. The van der Waals surface area contributed by atoms with Crippen molar-refractivity contribution in [3.63, 3.8) is 0 Å². The number of hydrogen-bond donors (Lipinski definition) is 2. The second-order valence-corrected chi connectivity index (χ2v) is 6.45. The maximum atomic E-state index is 12.3. The number of benzene rings is 2. The third-order valence-corrected chi connectivity index (χ3v) is 4.19. The molecule has 0 saturated heterocycles. The zero-order valence-electron chi connectivity index (χ0n) is 13.6. The topological polar surface area (TPSA) is 66.9 Å². The van der Waals surface area contributed by atoms with Crippen LogP contribution in [0, 0.1) is 0 Å². The Morgan fingerprint density at radius 3 is 2.28 bits per heavy atom. The molecule has 0 aliphatic rings. The SMILES string of the molecule is CC(NC(=O)c1cnc(Nc2ccc(Br)cc2)nc1)c1ccccc1. The Morgan fingerprint density at radius 2 is 1.64 bits per heavy atom. The largest absolute Gasteiger partial charge is 0.345 e. The molecule has 2 aromatic carbocycles. The minimum absolute atomic E-state index is 0.0886. The van der Waals surface area contributed by atoms with Crippen LogP contribution in [0.4, 0.5) is 11.6 Å². The molecule has 3 aromatic rings. The molecule has 0 bridgehead atoms. The van der Waals surface area contributed by atoms with Crippen molar-refractivity contribution in [3.8, 4) is 0 Å². The number of aromatic nitrogens is 2. The van der Waals surface area contributed by atoms with Gasteiger partial charge < -0.3 is 10.6 Å². The minimum atomic E-state index is -0.202. The maximum Gasteiger partial charge on any atom is 0.254 e. The van der Waals surface area contributed by atoms with Crippen LogP contribution < -0.4 is 10.6 Å². The van der Waals surface area contributed by atoms with Crippen LogP contribution in [-0.4, -0.2) is 15.9 Å². The number of halogens is 1. The second-order valence-electron chi connectivity index (χ2n) is 5.53. The van der Waals surface area contributed by atoms with Crippen LogP contribution in [0.1, 0.15) is 28.9 Å². The van der Waals surface area contributed by atoms with E-state index in [-0.39, 0.29) is 11.9 Å². The lowest BCUT2D eigenvalue weighted by molar-refractivity contribution is 0.0939. The zero-order valence-corrected chi connectivity index (χ0v) is 15.2. The Balaban J connectivity index is 1.63. The molecule has 0 aliphatic carbocycles. The van der Waals surface area contributed by atoms with Gasteiger partial charge in [0.05, 0.1) is 11.6 Å². The zero-order chi connectivity index (χ0) is 17.6. The summed E-state index contributed by atoms with van der Waals surface area (Å²) in [5.41, 5.74) is 2.34. The van der Waals surface area contributed by atoms with Crippen LogP contribution >= 0.6 is 15.9 Å². The molecule has 1 atom stereocenters. The van der Waals surface area contributed by atoms with Gasteiger partial charge in [-0.15, -0.1) is 0 Å². The second kappa shape index (κ2) is 7.90. The Hall–Kier alpha value is -2.73. The number of carbonyl (C=O) groups excluding carboxylic acids is 1. The smallest absolute Gasteiger partial charge is 0.254 e. The van der Waals surface area contributed by atoms with Gasteiger partial charge in [0.25, 0.3) is 5.91 Å². The van der Waals surface area contributed by atoms with Gasteiger partial charge in [-0.05, 0) is 36.8 Å². The minimum Gasteiger partial charge on any atom is -0.345 e. The van der Waals surface area contributed by atoms with E-state index in [0.717, 1.165) is 15.7 Å². The summed E-state index contributed by atoms with van der Waals surface area (Å²) in [6.07, 6.45) is 3.03. The van der Waals surface area contributed by atoms with Gasteiger partial charge >= 0.3 is 0 Å². The van der Waals surface area contributed by atoms with E-state index in [2.05, 4.69) is 36.5 Å². The lowest BCUT2D eigenvalue weighted by atomic mass is 10.1. The van der Waals surface area contributed by atoms with E-state index in [1.54, 1.807) is 0 Å². The molecule has 25 heavy (non-hydrogen) atoms. The highest BCUT2D eigenvalue weighted by molar-refractivity contribution is 9.10. The lowest BCUT2D eigenvalue weighted by Crippen LogP contribution is -2.26. The molecule has 0 fully saturated rings. The van der Waals surface area contributed by atoms with E-state index in [0.29, 0.717) is 11.5 Å². The first kappa shape index (κ1) is 17.1. The van der Waals surface area contributed by atoms with Crippen molar-refractivity contribution in [3.05, 3.63) is 82.6 Å². The summed E-state index contributed by atoms with van der Waals surface area (Å²) in [5.74, 6) is 0.238. The van der Waals surface area contributed by atoms with Crippen molar-refractivity contribution in [2.75, 3.05) is 5.32 Å². The first-order chi connectivity index (χ1) is 12.1. The van der Waals surface area contributed by atoms with E-state index in [4.69, 9.17) is 0 Å². The van der Waals surface area contributed by atoms with Crippen molar-refractivity contribution >= 4 is 33.5 Å². The predicted molar refractivity (Wildman–Crippen MR) is 102 cm³/mol. The van der Waals surface area contributed by atoms with E-state index < -0.39 is 0 Å². The summed E-state index contributed by atoms with van der Waals surface area (Å²) in [4.78, 5) is 20.7. The molecule has 1 amide bonds. The van der Waals surface area contributed by atoms with Gasteiger partial charge in [-0.25, -0.2) is 9.97 Å². The quantitative estimate of drug-likeness (QED) is 0.667. The lowest BCUT2D eigenvalue weighted by Gasteiger charge is -2.14. The van der Waals surface area contributed by atoms with Gasteiger partial charge in [-0.1, -0.05) is 46.3 Å². The highest BCUT2D eigenvalue weighted by Gasteiger charge is 2.12. The number of carbonyl (C=O) groups is 1. The highest BCUT2D eigenvalue weighted by atomic mass is 79.9. The monoisotopic (exact) mass is 396 g/mol. The van der Waals surface area contributed by atoms with Gasteiger partial charge in [0, 0.05) is 22.6 Å². The van der Waals surface area contributed by atoms with Crippen molar-refractivity contribution in [2.45, 2.75) is 13.0 Å². The number of nitrogens with zero attached hydrogens (tertiary/aromatic N) is 2. The molecule has 3 rings (SSSR count). The van der Waals surface area contributed by atoms with Crippen LogP contribution in [0.15, 0.2) is 71.5 Å². The molecule has 6 heteroatoms. The first-order valence-electron chi connectivity index (χ1n) is 7.82. The summed E-state index contributed by atoms with van der Waals surface area (Å²) in [7, 11) is 0. The summed E-state index contributed by atoms with van der Waals surface area (Å²) in [5, 5.41) is 6.03. The van der Waals surface area contributed by atoms with Gasteiger partial charge in [0.1, 0.15) is 0 Å². The molecular weight excluding hydrogens is 380 g/mol. The fraction of sp³-hybridized carbons (Fsp3) is 0.105. The molecule has 0 aliphatic heterocycles. The third kappa shape index (κ3) is 4.64. The molecule has 0 radical (unpaired) electrons. The van der Waals surface area contributed by atoms with Gasteiger partial charge in [-0.3, -0.25) is 4.79 Å². The average molecular weight is 397 g/mol. The van der Waals surface area contributed by atoms with Crippen molar-refractivity contribution < 1.29 is 4.79 Å². The van der Waals surface area contributed by atoms with Gasteiger partial charge in [0.15, 0.2) is 0 Å². The first-order valence-corrected chi connectivity index (χ1v) is 8.61. The number of nitrogens with one attached hydrogen (secondary N) is 2. The summed E-state index contributed by atoms with van der Waals surface area (Å²) in [6, 6.07) is 17.4. The Kier molecular flexibility index (Phi) is 5.40. The molecule has 1 heterocycles. The molecule has 0 spiro atoms. The summed E-state index contributed by atoms with van der Waals surface area (Å²) in [6.45, 7) is 1.94. The molecule has 126 valence electrons. The molecular formula is C19H17BrN4O. The average Bonchev–Trinajstić information content (AvgIpc) is 2.65. The summed E-state index contributed by atoms with van der Waals surface area (Å²) < 4.78 is 0.999.